The Bertz CT molecular complexity index is 604. The Morgan fingerprint density at radius 1 is 1.20 bits per heavy atom. The molecule has 0 aliphatic heterocycles. The molecule has 2 aromatic rings. The van der Waals surface area contributed by atoms with Gasteiger partial charge in [0.15, 0.2) is 0 Å². The average Bonchev–Trinajstić information content (AvgIpc) is 2.43. The number of rotatable bonds is 5. The van der Waals surface area contributed by atoms with Crippen LogP contribution in [0.25, 0.3) is 0 Å². The van der Waals surface area contributed by atoms with Crippen molar-refractivity contribution < 1.29 is 4.39 Å². The van der Waals surface area contributed by atoms with Gasteiger partial charge in [0.05, 0.1) is 4.47 Å². The molecule has 0 atom stereocenters. The van der Waals surface area contributed by atoms with Crippen LogP contribution in [0.5, 0.6) is 0 Å². The fourth-order valence-corrected chi connectivity index (χ4v) is 2.04. The van der Waals surface area contributed by atoms with Crippen LogP contribution in [0.2, 0.25) is 0 Å². The number of aromatic nitrogens is 2. The molecule has 0 radical (unpaired) electrons. The molecule has 0 aliphatic rings. The minimum Gasteiger partial charge on any atom is -0.370 e. The van der Waals surface area contributed by atoms with Gasteiger partial charge >= 0.3 is 0 Å². The van der Waals surface area contributed by atoms with Gasteiger partial charge in [-0.2, -0.15) is 0 Å². The fourth-order valence-electron chi connectivity index (χ4n) is 1.69. The zero-order valence-corrected chi connectivity index (χ0v) is 13.0. The summed E-state index contributed by atoms with van der Waals surface area (Å²) in [5.41, 5.74) is 1.62. The second kappa shape index (κ2) is 6.65. The van der Waals surface area contributed by atoms with E-state index in [1.807, 2.05) is 13.0 Å². The van der Waals surface area contributed by atoms with Gasteiger partial charge < -0.3 is 10.6 Å². The van der Waals surface area contributed by atoms with E-state index in [1.54, 1.807) is 6.07 Å². The highest BCUT2D eigenvalue weighted by molar-refractivity contribution is 9.10. The lowest BCUT2D eigenvalue weighted by Gasteiger charge is -2.11. The molecule has 0 bridgehead atoms. The highest BCUT2D eigenvalue weighted by atomic mass is 79.9. The summed E-state index contributed by atoms with van der Waals surface area (Å²) in [5, 5.41) is 6.36. The maximum atomic E-state index is 13.4. The molecule has 0 aliphatic carbocycles. The van der Waals surface area contributed by atoms with Crippen LogP contribution >= 0.6 is 15.9 Å². The van der Waals surface area contributed by atoms with Crippen molar-refractivity contribution in [3.05, 3.63) is 40.4 Å². The molecule has 20 heavy (non-hydrogen) atoms. The summed E-state index contributed by atoms with van der Waals surface area (Å²) in [5.74, 6) is 1.16. The van der Waals surface area contributed by atoms with Crippen LogP contribution in [0.3, 0.4) is 0 Å². The average molecular weight is 339 g/mol. The van der Waals surface area contributed by atoms with Crippen molar-refractivity contribution in [3.63, 3.8) is 0 Å². The van der Waals surface area contributed by atoms with Crippen molar-refractivity contribution >= 4 is 33.3 Å². The Morgan fingerprint density at radius 2 is 1.95 bits per heavy atom. The van der Waals surface area contributed by atoms with Gasteiger partial charge in [-0.1, -0.05) is 6.92 Å². The van der Waals surface area contributed by atoms with E-state index in [1.165, 1.54) is 12.4 Å². The molecule has 1 aromatic carbocycles. The lowest BCUT2D eigenvalue weighted by molar-refractivity contribution is 0.620. The maximum Gasteiger partial charge on any atom is 0.137 e. The maximum absolute atomic E-state index is 13.4. The van der Waals surface area contributed by atoms with E-state index in [-0.39, 0.29) is 5.82 Å². The van der Waals surface area contributed by atoms with Gasteiger partial charge in [0, 0.05) is 18.3 Å². The first kappa shape index (κ1) is 14.7. The molecule has 0 saturated carbocycles. The molecule has 0 fully saturated rings. The molecule has 1 heterocycles. The summed E-state index contributed by atoms with van der Waals surface area (Å²) in [6.45, 7) is 4.79. The van der Waals surface area contributed by atoms with Gasteiger partial charge in [-0.15, -0.1) is 0 Å². The number of anilines is 3. The largest absolute Gasteiger partial charge is 0.370 e. The zero-order valence-electron chi connectivity index (χ0n) is 11.4. The highest BCUT2D eigenvalue weighted by Gasteiger charge is 2.06. The first-order chi connectivity index (χ1) is 9.60. The van der Waals surface area contributed by atoms with E-state index >= 15 is 0 Å². The summed E-state index contributed by atoms with van der Waals surface area (Å²) in [6, 6.07) is 5.00. The number of halogens is 2. The van der Waals surface area contributed by atoms with E-state index in [0.29, 0.717) is 10.3 Å². The van der Waals surface area contributed by atoms with Crippen molar-refractivity contribution in [2.24, 2.45) is 0 Å². The third kappa shape index (κ3) is 3.66. The quantitative estimate of drug-likeness (QED) is 0.855. The molecular formula is C14H16BrFN4. The molecule has 0 amide bonds. The van der Waals surface area contributed by atoms with Gasteiger partial charge in [0.25, 0.3) is 0 Å². The summed E-state index contributed by atoms with van der Waals surface area (Å²) in [6.07, 6.45) is 2.52. The van der Waals surface area contributed by atoms with E-state index in [0.717, 1.165) is 30.0 Å². The first-order valence-electron chi connectivity index (χ1n) is 6.38. The standard InChI is InChI=1S/C14H16BrFN4/c1-3-4-17-13-7-14(19-8-18-13)20-12-6-10(15)11(16)5-9(12)2/h5-8H,3-4H2,1-2H3,(H2,17,18,19,20). The number of hydrogen-bond acceptors (Lipinski definition) is 4. The Balaban J connectivity index is 2.19. The first-order valence-corrected chi connectivity index (χ1v) is 7.18. The van der Waals surface area contributed by atoms with E-state index in [2.05, 4.69) is 43.5 Å². The summed E-state index contributed by atoms with van der Waals surface area (Å²) in [4.78, 5) is 8.31. The normalized spacial score (nSPS) is 10.4. The molecule has 2 N–H and O–H groups in total. The van der Waals surface area contributed by atoms with Crippen LogP contribution < -0.4 is 10.6 Å². The predicted octanol–water partition coefficient (Wildman–Crippen LogP) is 4.25. The smallest absolute Gasteiger partial charge is 0.137 e. The van der Waals surface area contributed by atoms with Gasteiger partial charge in [-0.3, -0.25) is 0 Å². The van der Waals surface area contributed by atoms with Crippen LogP contribution in [0.15, 0.2) is 29.0 Å². The number of nitrogens with one attached hydrogen (secondary N) is 2. The second-order valence-corrected chi connectivity index (χ2v) is 5.28. The van der Waals surface area contributed by atoms with Gasteiger partial charge in [0.1, 0.15) is 23.8 Å². The van der Waals surface area contributed by atoms with Crippen molar-refractivity contribution in [3.8, 4) is 0 Å². The Kier molecular flexibility index (Phi) is 4.89. The third-order valence-electron chi connectivity index (χ3n) is 2.75. The minimum absolute atomic E-state index is 0.277. The van der Waals surface area contributed by atoms with Crippen LogP contribution in [0, 0.1) is 12.7 Å². The Labute approximate surface area is 126 Å². The molecule has 0 unspecified atom stereocenters. The topological polar surface area (TPSA) is 49.8 Å². The second-order valence-electron chi connectivity index (χ2n) is 4.42. The number of aryl methyl sites for hydroxylation is 1. The molecule has 106 valence electrons. The van der Waals surface area contributed by atoms with Crippen LogP contribution in [-0.4, -0.2) is 16.5 Å². The van der Waals surface area contributed by atoms with Crippen LogP contribution in [0.4, 0.5) is 21.7 Å². The fraction of sp³-hybridized carbons (Fsp3) is 0.286. The predicted molar refractivity (Wildman–Crippen MR) is 82.9 cm³/mol. The van der Waals surface area contributed by atoms with Crippen molar-refractivity contribution in [2.75, 3.05) is 17.2 Å². The molecule has 2 rings (SSSR count). The zero-order chi connectivity index (χ0) is 14.5. The SMILES string of the molecule is CCCNc1cc(Nc2cc(Br)c(F)cc2C)ncn1. The number of nitrogens with zero attached hydrogens (tertiary/aromatic N) is 2. The molecule has 4 nitrogen and oxygen atoms in total. The van der Waals surface area contributed by atoms with Crippen molar-refractivity contribution in [1.82, 2.24) is 9.97 Å². The number of benzene rings is 1. The van der Waals surface area contributed by atoms with Crippen LogP contribution in [0.1, 0.15) is 18.9 Å². The lowest BCUT2D eigenvalue weighted by atomic mass is 10.2. The third-order valence-corrected chi connectivity index (χ3v) is 3.36. The highest BCUT2D eigenvalue weighted by Crippen LogP contribution is 2.26. The van der Waals surface area contributed by atoms with Gasteiger partial charge in [0.2, 0.25) is 0 Å². The van der Waals surface area contributed by atoms with E-state index in [9.17, 15) is 4.39 Å². The minimum atomic E-state index is -0.277. The molecule has 6 heteroatoms. The lowest BCUT2D eigenvalue weighted by Crippen LogP contribution is -2.04. The molecule has 0 spiro atoms. The Morgan fingerprint density at radius 3 is 2.70 bits per heavy atom. The summed E-state index contributed by atoms with van der Waals surface area (Å²) >= 11 is 3.18. The van der Waals surface area contributed by atoms with E-state index < -0.39 is 0 Å². The molecule has 0 saturated heterocycles. The van der Waals surface area contributed by atoms with Crippen LogP contribution in [-0.2, 0) is 0 Å². The molecular weight excluding hydrogens is 323 g/mol. The van der Waals surface area contributed by atoms with E-state index in [4.69, 9.17) is 0 Å². The van der Waals surface area contributed by atoms with Gasteiger partial charge in [-0.25, -0.2) is 14.4 Å². The summed E-state index contributed by atoms with van der Waals surface area (Å²) in [7, 11) is 0. The Hall–Kier alpha value is -1.69. The monoisotopic (exact) mass is 338 g/mol. The summed E-state index contributed by atoms with van der Waals surface area (Å²) < 4.78 is 13.8. The molecule has 1 aromatic heterocycles. The van der Waals surface area contributed by atoms with Crippen molar-refractivity contribution in [1.29, 1.82) is 0 Å². The number of hydrogen-bond donors (Lipinski definition) is 2. The van der Waals surface area contributed by atoms with Crippen molar-refractivity contribution in [2.45, 2.75) is 20.3 Å². The van der Waals surface area contributed by atoms with Gasteiger partial charge in [-0.05, 0) is 47.0 Å².